The third kappa shape index (κ3) is 17.2. The molecule has 64 heavy (non-hydrogen) atoms. The molecule has 14 heteroatoms. The molecule has 1 aliphatic carbocycles. The first-order valence-electron chi connectivity index (χ1n) is 22.2. The first-order valence-corrected chi connectivity index (χ1v) is 22.2. The van der Waals surface area contributed by atoms with Crippen LogP contribution in [0.1, 0.15) is 127 Å². The van der Waals surface area contributed by atoms with E-state index < -0.39 is 80.5 Å². The summed E-state index contributed by atoms with van der Waals surface area (Å²) in [7, 11) is 2.22. The summed E-state index contributed by atoms with van der Waals surface area (Å²) >= 11 is 0. The van der Waals surface area contributed by atoms with Gasteiger partial charge in [-0.05, 0) is 111 Å². The summed E-state index contributed by atoms with van der Waals surface area (Å²) in [4.78, 5) is 74.2. The van der Waals surface area contributed by atoms with E-state index in [0.717, 1.165) is 56.9 Å². The number of benzene rings is 2. The van der Waals surface area contributed by atoms with Gasteiger partial charge in [-0.25, -0.2) is 14.0 Å². The first kappa shape index (κ1) is 52.8. The predicted molar refractivity (Wildman–Crippen MR) is 238 cm³/mol. The Bertz CT molecular complexity index is 1910. The van der Waals surface area contributed by atoms with E-state index in [4.69, 9.17) is 23.7 Å². The Hall–Kier alpha value is -5.53. The fraction of sp³-hybridized carbons (Fsp3) is 0.560. The minimum atomic E-state index is -1.61. The summed E-state index contributed by atoms with van der Waals surface area (Å²) in [5, 5.41) is 0. The summed E-state index contributed by atoms with van der Waals surface area (Å²) in [6, 6.07) is 9.20. The van der Waals surface area contributed by atoms with Crippen LogP contribution in [-0.4, -0.2) is 83.1 Å². The van der Waals surface area contributed by atoms with Crippen molar-refractivity contribution in [2.24, 2.45) is 11.3 Å². The van der Waals surface area contributed by atoms with E-state index in [1.165, 1.54) is 32.6 Å². The van der Waals surface area contributed by atoms with Gasteiger partial charge in [0.15, 0.2) is 0 Å². The van der Waals surface area contributed by atoms with Crippen LogP contribution in [0, 0.1) is 17.2 Å². The van der Waals surface area contributed by atoms with Gasteiger partial charge in [-0.15, -0.1) is 0 Å². The zero-order valence-electron chi connectivity index (χ0n) is 38.6. The van der Waals surface area contributed by atoms with Gasteiger partial charge < -0.3 is 33.2 Å². The predicted octanol–water partition coefficient (Wildman–Crippen LogP) is 9.05. The van der Waals surface area contributed by atoms with Crippen molar-refractivity contribution in [2.75, 3.05) is 47.3 Å². The molecule has 0 amide bonds. The number of halogens is 1. The van der Waals surface area contributed by atoms with Crippen molar-refractivity contribution in [3.05, 3.63) is 77.1 Å². The van der Waals surface area contributed by atoms with Crippen LogP contribution in [0.4, 0.5) is 4.39 Å². The average Bonchev–Trinajstić information content (AvgIpc) is 3.27. The van der Waals surface area contributed by atoms with Crippen LogP contribution in [0.25, 0.3) is 11.1 Å². The van der Waals surface area contributed by atoms with Crippen molar-refractivity contribution in [1.82, 2.24) is 0 Å². The maximum atomic E-state index is 16.4. The number of hydrogen-bond donors (Lipinski definition) is 0. The van der Waals surface area contributed by atoms with Gasteiger partial charge in [0.25, 0.3) is 0 Å². The van der Waals surface area contributed by atoms with Gasteiger partial charge in [-0.2, -0.15) is 0 Å². The van der Waals surface area contributed by atoms with E-state index in [9.17, 15) is 28.8 Å². The molecule has 1 fully saturated rings. The molecule has 0 N–H and O–H groups in total. The van der Waals surface area contributed by atoms with E-state index >= 15 is 4.39 Å². The van der Waals surface area contributed by atoms with Gasteiger partial charge in [-0.1, -0.05) is 71.2 Å². The summed E-state index contributed by atoms with van der Waals surface area (Å²) in [6.45, 7) is 12.4. The average molecular weight is 895 g/mol. The second kappa shape index (κ2) is 26.9. The number of rotatable bonds is 27. The molecule has 0 atom stereocenters. The number of ether oxygens (including phenoxy) is 7. The second-order valence-corrected chi connectivity index (χ2v) is 16.8. The molecule has 0 aliphatic heterocycles. The van der Waals surface area contributed by atoms with E-state index in [-0.39, 0.29) is 23.6 Å². The number of carbonyl (C=O) groups excluding carboxylic acids is 6. The molecule has 2 aromatic rings. The van der Waals surface area contributed by atoms with Crippen molar-refractivity contribution >= 4 is 35.8 Å². The summed E-state index contributed by atoms with van der Waals surface area (Å²) in [5.74, 6) is -4.00. The quantitative estimate of drug-likeness (QED) is 0.0274. The lowest BCUT2D eigenvalue weighted by atomic mass is 9.76. The molecule has 3 rings (SSSR count). The van der Waals surface area contributed by atoms with Crippen molar-refractivity contribution in [3.63, 3.8) is 0 Å². The zero-order chi connectivity index (χ0) is 47.2. The molecule has 0 spiro atoms. The number of unbranched alkanes of at least 4 members (excludes halogenated alkanes) is 2. The molecule has 0 unspecified atom stereocenters. The molecule has 13 nitrogen and oxygen atoms in total. The third-order valence-electron chi connectivity index (χ3n) is 11.3. The smallest absolute Gasteiger partial charge is 0.333 e. The fourth-order valence-electron chi connectivity index (χ4n) is 7.52. The largest absolute Gasteiger partial charge is 0.492 e. The lowest BCUT2D eigenvalue weighted by molar-refractivity contribution is -0.165. The highest BCUT2D eigenvalue weighted by molar-refractivity contribution is 5.91. The lowest BCUT2D eigenvalue weighted by Gasteiger charge is -2.32. The van der Waals surface area contributed by atoms with Gasteiger partial charge in [-0.3, -0.25) is 19.2 Å². The molecule has 0 saturated heterocycles. The van der Waals surface area contributed by atoms with Crippen LogP contribution >= 0.6 is 0 Å². The van der Waals surface area contributed by atoms with Gasteiger partial charge >= 0.3 is 35.8 Å². The number of esters is 6. The van der Waals surface area contributed by atoms with Gasteiger partial charge in [0, 0.05) is 16.7 Å². The molecule has 0 radical (unpaired) electrons. The third-order valence-corrected chi connectivity index (χ3v) is 11.3. The van der Waals surface area contributed by atoms with Gasteiger partial charge in [0.2, 0.25) is 0 Å². The van der Waals surface area contributed by atoms with Crippen molar-refractivity contribution in [2.45, 2.75) is 124 Å². The number of aryl methyl sites for hydroxylation is 2. The van der Waals surface area contributed by atoms with Crippen LogP contribution in [0.15, 0.2) is 54.6 Å². The monoisotopic (exact) mass is 894 g/mol. The van der Waals surface area contributed by atoms with Crippen LogP contribution in [-0.2, 0) is 70.0 Å². The highest BCUT2D eigenvalue weighted by atomic mass is 19.1. The molecule has 1 saturated carbocycles. The Kier molecular flexibility index (Phi) is 22.2. The van der Waals surface area contributed by atoms with Gasteiger partial charge in [0.05, 0.1) is 20.8 Å². The number of hydrogen-bond acceptors (Lipinski definition) is 13. The van der Waals surface area contributed by atoms with Gasteiger partial charge in [0.1, 0.15) is 56.3 Å². The van der Waals surface area contributed by atoms with E-state index in [1.807, 2.05) is 25.1 Å². The minimum absolute atomic E-state index is 0.0498. The number of carbonyl (C=O) groups is 6. The molecular formula is C50H67FO13. The molecule has 0 bridgehead atoms. The lowest BCUT2D eigenvalue weighted by Crippen LogP contribution is -2.44. The Balaban J connectivity index is 2.07. The Labute approximate surface area is 377 Å². The molecular weight excluding hydrogens is 828 g/mol. The highest BCUT2D eigenvalue weighted by Gasteiger charge is 2.38. The maximum Gasteiger partial charge on any atom is 0.333 e. The van der Waals surface area contributed by atoms with Crippen LogP contribution in [0.2, 0.25) is 0 Å². The SMILES string of the molecule is C=C(C)C(=O)OCCCc1cc(-c2ccc(C3CCC(CCCCC)CC3)cc2F)c(CCC)cc1OCC(COC(=O)CC(=O)OC)(COC(=O)CC(=O)OC)COC(=O)C(=C)C. The van der Waals surface area contributed by atoms with Crippen molar-refractivity contribution < 1.29 is 66.3 Å². The minimum Gasteiger partial charge on any atom is -0.492 e. The second-order valence-electron chi connectivity index (χ2n) is 16.8. The van der Waals surface area contributed by atoms with E-state index in [2.05, 4.69) is 29.6 Å². The fourth-order valence-corrected chi connectivity index (χ4v) is 7.52. The van der Waals surface area contributed by atoms with Crippen LogP contribution in [0.3, 0.4) is 0 Å². The normalized spacial score (nSPS) is 14.7. The van der Waals surface area contributed by atoms with Crippen molar-refractivity contribution in [1.29, 1.82) is 0 Å². The zero-order valence-corrected chi connectivity index (χ0v) is 38.6. The topological polar surface area (TPSA) is 167 Å². The number of methoxy groups -OCH3 is 2. The first-order chi connectivity index (χ1) is 30.5. The molecule has 0 heterocycles. The highest BCUT2D eigenvalue weighted by Crippen LogP contribution is 2.40. The molecule has 2 aromatic carbocycles. The Morgan fingerprint density at radius 2 is 1.25 bits per heavy atom. The standard InChI is InChI=1S/C50H67FO13/c1-9-11-12-15-35-17-19-36(20-18-35)37-21-22-40(42(51)25-37)41-24-39(16-13-23-60-48(56)33(3)4)43(26-38(41)14-10-2)61-29-50(32-64-49(57)34(5)6,30-62-46(54)27-44(52)58-7)31-63-47(55)28-45(53)59-8/h21-22,24-26,35-36H,3,5,9-20,23,27-32H2,1-2,4,6-8H3. The van der Waals surface area contributed by atoms with Crippen LogP contribution in [0.5, 0.6) is 5.75 Å². The molecule has 0 aromatic heterocycles. The molecule has 1 aliphatic rings. The maximum absolute atomic E-state index is 16.4. The Morgan fingerprint density at radius 1 is 0.656 bits per heavy atom. The summed E-state index contributed by atoms with van der Waals surface area (Å²) < 4.78 is 54.0. The summed E-state index contributed by atoms with van der Waals surface area (Å²) in [6.07, 6.45) is 9.77. The summed E-state index contributed by atoms with van der Waals surface area (Å²) in [5.41, 5.74) is 2.18. The van der Waals surface area contributed by atoms with Crippen molar-refractivity contribution in [3.8, 4) is 16.9 Å². The Morgan fingerprint density at radius 3 is 1.80 bits per heavy atom. The van der Waals surface area contributed by atoms with Crippen LogP contribution < -0.4 is 4.74 Å². The van der Waals surface area contributed by atoms with E-state index in [1.54, 1.807) is 19.1 Å². The molecule has 352 valence electrons. The van der Waals surface area contributed by atoms with E-state index in [0.29, 0.717) is 54.0 Å².